The zero-order valence-corrected chi connectivity index (χ0v) is 12.1. The maximum Gasteiger partial charge on any atom is 0.147 e. The van der Waals surface area contributed by atoms with Gasteiger partial charge in [-0.15, -0.1) is 0 Å². The third kappa shape index (κ3) is 4.95. The highest BCUT2D eigenvalue weighted by Gasteiger charge is 2.07. The molecule has 2 heteroatoms. The van der Waals surface area contributed by atoms with Crippen molar-refractivity contribution in [2.75, 3.05) is 5.75 Å². The molecule has 1 unspecified atom stereocenters. The van der Waals surface area contributed by atoms with E-state index in [9.17, 15) is 4.79 Å². The highest BCUT2D eigenvalue weighted by atomic mass is 32.2. The van der Waals surface area contributed by atoms with Gasteiger partial charge in [-0.3, -0.25) is 4.79 Å². The Labute approximate surface area is 109 Å². The van der Waals surface area contributed by atoms with E-state index in [0.717, 1.165) is 12.0 Å². The van der Waals surface area contributed by atoms with Gasteiger partial charge in [-0.1, -0.05) is 32.0 Å². The molecule has 0 spiro atoms. The quantitative estimate of drug-likeness (QED) is 0.760. The Kier molecular flexibility index (Phi) is 5.76. The Bertz CT molecular complexity index is 385. The molecule has 1 rings (SSSR count). The summed E-state index contributed by atoms with van der Waals surface area (Å²) in [6.07, 6.45) is 1.70. The molecule has 1 aromatic carbocycles. The number of carbonyl (C=O) groups is 1. The first-order chi connectivity index (χ1) is 8.02. The number of carbonyl (C=O) groups excluding carboxylic acids is 1. The van der Waals surface area contributed by atoms with E-state index >= 15 is 0 Å². The smallest absolute Gasteiger partial charge is 0.147 e. The first-order valence-electron chi connectivity index (χ1n) is 6.22. The SMILES string of the molecule is CCC(C)SCC(=O)Cc1ccc(C)c(C)c1. The first-order valence-corrected chi connectivity index (χ1v) is 7.27. The molecule has 1 atom stereocenters. The molecule has 0 aliphatic carbocycles. The zero-order valence-electron chi connectivity index (χ0n) is 11.2. The summed E-state index contributed by atoms with van der Waals surface area (Å²) in [6, 6.07) is 6.29. The summed E-state index contributed by atoms with van der Waals surface area (Å²) in [6.45, 7) is 8.52. The minimum atomic E-state index is 0.332. The van der Waals surface area contributed by atoms with Crippen LogP contribution in [-0.2, 0) is 11.2 Å². The van der Waals surface area contributed by atoms with E-state index in [4.69, 9.17) is 0 Å². The minimum Gasteiger partial charge on any atom is -0.298 e. The lowest BCUT2D eigenvalue weighted by Gasteiger charge is -2.08. The van der Waals surface area contributed by atoms with Gasteiger partial charge >= 0.3 is 0 Å². The van der Waals surface area contributed by atoms with Gasteiger partial charge in [-0.25, -0.2) is 0 Å². The number of thioether (sulfide) groups is 1. The maximum atomic E-state index is 11.8. The molecule has 94 valence electrons. The number of Topliss-reactive ketones (excluding diaryl/α,β-unsaturated/α-hetero) is 1. The number of ketones is 1. The fourth-order valence-corrected chi connectivity index (χ4v) is 2.35. The summed E-state index contributed by atoms with van der Waals surface area (Å²) in [5.74, 6) is 0.973. The molecule has 0 aliphatic heterocycles. The summed E-state index contributed by atoms with van der Waals surface area (Å²) < 4.78 is 0. The van der Waals surface area contributed by atoms with Crippen molar-refractivity contribution >= 4 is 17.5 Å². The highest BCUT2D eigenvalue weighted by molar-refractivity contribution is 8.00. The van der Waals surface area contributed by atoms with Crippen molar-refractivity contribution in [1.29, 1.82) is 0 Å². The van der Waals surface area contributed by atoms with Crippen LogP contribution >= 0.6 is 11.8 Å². The van der Waals surface area contributed by atoms with Gasteiger partial charge in [0.25, 0.3) is 0 Å². The molecular weight excluding hydrogens is 228 g/mol. The van der Waals surface area contributed by atoms with E-state index in [0.29, 0.717) is 23.2 Å². The minimum absolute atomic E-state index is 0.332. The third-order valence-corrected chi connectivity index (χ3v) is 4.47. The lowest BCUT2D eigenvalue weighted by molar-refractivity contribution is -0.116. The van der Waals surface area contributed by atoms with Crippen molar-refractivity contribution in [1.82, 2.24) is 0 Å². The first kappa shape index (κ1) is 14.3. The van der Waals surface area contributed by atoms with Crippen molar-refractivity contribution in [3.05, 3.63) is 34.9 Å². The average Bonchev–Trinajstić information content (AvgIpc) is 2.31. The summed E-state index contributed by atoms with van der Waals surface area (Å²) in [7, 11) is 0. The standard InChI is InChI=1S/C15H22OS/c1-5-13(4)17-10-15(16)9-14-7-6-11(2)12(3)8-14/h6-8,13H,5,9-10H2,1-4H3. The average molecular weight is 250 g/mol. The Hall–Kier alpha value is -0.760. The van der Waals surface area contributed by atoms with Crippen LogP contribution in [0.2, 0.25) is 0 Å². The molecule has 0 N–H and O–H groups in total. The summed E-state index contributed by atoms with van der Waals surface area (Å²) in [5, 5.41) is 0.582. The summed E-state index contributed by atoms with van der Waals surface area (Å²) >= 11 is 1.76. The zero-order chi connectivity index (χ0) is 12.8. The Morgan fingerprint density at radius 3 is 2.59 bits per heavy atom. The molecule has 0 saturated heterocycles. The fraction of sp³-hybridized carbons (Fsp3) is 0.533. The molecule has 0 saturated carbocycles. The number of hydrogen-bond donors (Lipinski definition) is 0. The monoisotopic (exact) mass is 250 g/mol. The van der Waals surface area contributed by atoms with Crippen LogP contribution in [-0.4, -0.2) is 16.8 Å². The Morgan fingerprint density at radius 2 is 2.00 bits per heavy atom. The van der Waals surface area contributed by atoms with Crippen LogP contribution < -0.4 is 0 Å². The maximum absolute atomic E-state index is 11.8. The molecule has 0 bridgehead atoms. The third-order valence-electron chi connectivity index (χ3n) is 3.08. The predicted octanol–water partition coefficient (Wildman–Crippen LogP) is 3.95. The lowest BCUT2D eigenvalue weighted by atomic mass is 10.0. The Morgan fingerprint density at radius 1 is 1.29 bits per heavy atom. The lowest BCUT2D eigenvalue weighted by Crippen LogP contribution is -2.08. The molecule has 0 heterocycles. The predicted molar refractivity (Wildman–Crippen MR) is 76.8 cm³/mol. The van der Waals surface area contributed by atoms with E-state index in [1.54, 1.807) is 11.8 Å². The number of rotatable bonds is 6. The van der Waals surface area contributed by atoms with Crippen LogP contribution in [0, 0.1) is 13.8 Å². The molecule has 1 aromatic rings. The molecule has 0 amide bonds. The van der Waals surface area contributed by atoms with Crippen LogP contribution in [0.4, 0.5) is 0 Å². The largest absolute Gasteiger partial charge is 0.298 e. The highest BCUT2D eigenvalue weighted by Crippen LogP contribution is 2.15. The Balaban J connectivity index is 2.48. The van der Waals surface area contributed by atoms with Crippen molar-refractivity contribution < 1.29 is 4.79 Å². The second kappa shape index (κ2) is 6.85. The van der Waals surface area contributed by atoms with E-state index in [1.165, 1.54) is 11.1 Å². The van der Waals surface area contributed by atoms with Gasteiger partial charge in [0.1, 0.15) is 5.78 Å². The van der Waals surface area contributed by atoms with Crippen molar-refractivity contribution in [3.63, 3.8) is 0 Å². The molecule has 17 heavy (non-hydrogen) atoms. The van der Waals surface area contributed by atoms with Crippen LogP contribution in [0.3, 0.4) is 0 Å². The topological polar surface area (TPSA) is 17.1 Å². The van der Waals surface area contributed by atoms with Crippen molar-refractivity contribution in [2.45, 2.75) is 45.8 Å². The van der Waals surface area contributed by atoms with Gasteiger partial charge in [0, 0.05) is 11.7 Å². The molecule has 0 aromatic heterocycles. The van der Waals surface area contributed by atoms with Gasteiger partial charge in [-0.05, 0) is 37.0 Å². The number of hydrogen-bond acceptors (Lipinski definition) is 2. The molecule has 0 aliphatic rings. The van der Waals surface area contributed by atoms with E-state index in [1.807, 2.05) is 0 Å². The molecule has 0 radical (unpaired) electrons. The molecule has 1 nitrogen and oxygen atoms in total. The van der Waals surface area contributed by atoms with Crippen molar-refractivity contribution in [2.24, 2.45) is 0 Å². The van der Waals surface area contributed by atoms with Crippen LogP contribution in [0.25, 0.3) is 0 Å². The van der Waals surface area contributed by atoms with Gasteiger partial charge < -0.3 is 0 Å². The van der Waals surface area contributed by atoms with Crippen LogP contribution in [0.1, 0.15) is 37.0 Å². The van der Waals surface area contributed by atoms with E-state index in [-0.39, 0.29) is 0 Å². The summed E-state index contributed by atoms with van der Waals surface area (Å²) in [4.78, 5) is 11.8. The molecule has 0 fully saturated rings. The van der Waals surface area contributed by atoms with Crippen LogP contribution in [0.5, 0.6) is 0 Å². The van der Waals surface area contributed by atoms with Gasteiger partial charge in [0.15, 0.2) is 0 Å². The number of aryl methyl sites for hydroxylation is 2. The van der Waals surface area contributed by atoms with Gasteiger partial charge in [0.05, 0.1) is 5.75 Å². The number of benzene rings is 1. The second-order valence-electron chi connectivity index (χ2n) is 4.66. The van der Waals surface area contributed by atoms with Gasteiger partial charge in [0.2, 0.25) is 0 Å². The van der Waals surface area contributed by atoms with Gasteiger partial charge in [-0.2, -0.15) is 11.8 Å². The summed E-state index contributed by atoms with van der Waals surface area (Å²) in [5.41, 5.74) is 3.70. The second-order valence-corrected chi connectivity index (χ2v) is 6.09. The fourth-order valence-electron chi connectivity index (χ4n) is 1.55. The van der Waals surface area contributed by atoms with E-state index < -0.39 is 0 Å². The normalized spacial score (nSPS) is 12.5. The molecular formula is C15H22OS. The van der Waals surface area contributed by atoms with E-state index in [2.05, 4.69) is 45.9 Å². The van der Waals surface area contributed by atoms with Crippen LogP contribution in [0.15, 0.2) is 18.2 Å². The van der Waals surface area contributed by atoms with Crippen molar-refractivity contribution in [3.8, 4) is 0 Å².